The van der Waals surface area contributed by atoms with E-state index in [4.69, 9.17) is 4.74 Å². The summed E-state index contributed by atoms with van der Waals surface area (Å²) in [6, 6.07) is 0. The standard InChI is InChI=1S/C10H17N3O2S/c1-8(2)3-4-11-5-9(14)7-15-10-6-12-16-13-10/h3,6,9,11,14H,4-5,7H2,1-2H3. The Kier molecular flexibility index (Phi) is 5.99. The van der Waals surface area contributed by atoms with Crippen LogP contribution in [0.5, 0.6) is 5.88 Å². The maximum Gasteiger partial charge on any atom is 0.245 e. The Morgan fingerprint density at radius 3 is 3.12 bits per heavy atom. The molecule has 0 amide bonds. The summed E-state index contributed by atoms with van der Waals surface area (Å²) in [4.78, 5) is 0. The molecular weight excluding hydrogens is 226 g/mol. The molecule has 2 N–H and O–H groups in total. The van der Waals surface area contributed by atoms with E-state index in [1.54, 1.807) is 0 Å². The van der Waals surface area contributed by atoms with Crippen molar-refractivity contribution in [2.24, 2.45) is 0 Å². The summed E-state index contributed by atoms with van der Waals surface area (Å²) < 4.78 is 12.9. The van der Waals surface area contributed by atoms with Crippen LogP contribution < -0.4 is 10.1 Å². The molecule has 0 saturated carbocycles. The lowest BCUT2D eigenvalue weighted by Gasteiger charge is -2.10. The first-order valence-electron chi connectivity index (χ1n) is 5.11. The first-order chi connectivity index (χ1) is 7.68. The second-order valence-corrected chi connectivity index (χ2v) is 4.21. The largest absolute Gasteiger partial charge is 0.473 e. The van der Waals surface area contributed by atoms with E-state index >= 15 is 0 Å². The Hall–Kier alpha value is -0.980. The molecule has 16 heavy (non-hydrogen) atoms. The van der Waals surface area contributed by atoms with E-state index in [-0.39, 0.29) is 6.61 Å². The van der Waals surface area contributed by atoms with Gasteiger partial charge in [0.25, 0.3) is 0 Å². The fourth-order valence-electron chi connectivity index (χ4n) is 0.986. The van der Waals surface area contributed by atoms with Gasteiger partial charge in [-0.15, -0.1) is 4.37 Å². The van der Waals surface area contributed by atoms with Crippen molar-refractivity contribution in [3.05, 3.63) is 17.8 Å². The van der Waals surface area contributed by atoms with Crippen LogP contribution in [0.2, 0.25) is 0 Å². The van der Waals surface area contributed by atoms with Gasteiger partial charge in [0.1, 0.15) is 18.9 Å². The lowest BCUT2D eigenvalue weighted by Crippen LogP contribution is -2.31. The second-order valence-electron chi connectivity index (χ2n) is 3.65. The van der Waals surface area contributed by atoms with Crippen molar-refractivity contribution in [1.82, 2.24) is 14.1 Å². The van der Waals surface area contributed by atoms with Gasteiger partial charge in [-0.2, -0.15) is 4.37 Å². The van der Waals surface area contributed by atoms with Crippen LogP contribution in [-0.2, 0) is 0 Å². The van der Waals surface area contributed by atoms with Crippen LogP contribution in [0.25, 0.3) is 0 Å². The third kappa shape index (κ3) is 5.79. The third-order valence-electron chi connectivity index (χ3n) is 1.80. The van der Waals surface area contributed by atoms with Gasteiger partial charge in [-0.3, -0.25) is 0 Å². The lowest BCUT2D eigenvalue weighted by molar-refractivity contribution is 0.105. The van der Waals surface area contributed by atoms with Crippen molar-refractivity contribution >= 4 is 11.7 Å². The average Bonchev–Trinajstić information content (AvgIpc) is 2.74. The molecule has 0 bridgehead atoms. The molecule has 0 aromatic carbocycles. The summed E-state index contributed by atoms with van der Waals surface area (Å²) in [5, 5.41) is 12.7. The normalized spacial score (nSPS) is 12.2. The average molecular weight is 243 g/mol. The summed E-state index contributed by atoms with van der Waals surface area (Å²) in [7, 11) is 0. The molecule has 1 unspecified atom stereocenters. The fourth-order valence-corrected chi connectivity index (χ4v) is 1.35. The van der Waals surface area contributed by atoms with Crippen LogP contribution in [0.3, 0.4) is 0 Å². The quantitative estimate of drug-likeness (QED) is 0.548. The van der Waals surface area contributed by atoms with Gasteiger partial charge in [-0.05, 0) is 13.8 Å². The maximum atomic E-state index is 9.56. The minimum Gasteiger partial charge on any atom is -0.473 e. The van der Waals surface area contributed by atoms with Gasteiger partial charge in [0.2, 0.25) is 5.88 Å². The monoisotopic (exact) mass is 243 g/mol. The number of hydrogen-bond acceptors (Lipinski definition) is 6. The molecule has 1 atom stereocenters. The van der Waals surface area contributed by atoms with Crippen LogP contribution >= 0.6 is 11.7 Å². The highest BCUT2D eigenvalue weighted by Crippen LogP contribution is 2.04. The number of allylic oxidation sites excluding steroid dienone is 1. The highest BCUT2D eigenvalue weighted by Gasteiger charge is 2.05. The van der Waals surface area contributed by atoms with E-state index in [2.05, 4.69) is 20.1 Å². The zero-order valence-electron chi connectivity index (χ0n) is 9.51. The van der Waals surface area contributed by atoms with Crippen molar-refractivity contribution in [3.8, 4) is 5.88 Å². The van der Waals surface area contributed by atoms with Gasteiger partial charge in [-0.1, -0.05) is 11.6 Å². The van der Waals surface area contributed by atoms with Crippen molar-refractivity contribution in [2.75, 3.05) is 19.7 Å². The van der Waals surface area contributed by atoms with E-state index in [1.807, 2.05) is 13.8 Å². The number of aliphatic hydroxyl groups excluding tert-OH is 1. The van der Waals surface area contributed by atoms with Crippen LogP contribution in [0.1, 0.15) is 13.8 Å². The Bertz CT molecular complexity index is 310. The minimum absolute atomic E-state index is 0.229. The molecule has 0 aliphatic rings. The van der Waals surface area contributed by atoms with Crippen LogP contribution in [-0.4, -0.2) is 39.7 Å². The van der Waals surface area contributed by atoms with Gasteiger partial charge < -0.3 is 15.2 Å². The predicted molar refractivity (Wildman–Crippen MR) is 63.7 cm³/mol. The summed E-state index contributed by atoms with van der Waals surface area (Å²) in [5.41, 5.74) is 1.26. The number of aromatic nitrogens is 2. The molecule has 90 valence electrons. The van der Waals surface area contributed by atoms with Crippen molar-refractivity contribution < 1.29 is 9.84 Å². The third-order valence-corrected chi connectivity index (χ3v) is 2.26. The number of nitrogens with zero attached hydrogens (tertiary/aromatic N) is 2. The first kappa shape index (κ1) is 13.1. The lowest BCUT2D eigenvalue weighted by atomic mass is 10.3. The van der Waals surface area contributed by atoms with E-state index in [0.29, 0.717) is 12.4 Å². The number of hydrogen-bond donors (Lipinski definition) is 2. The predicted octanol–water partition coefficient (Wildman–Crippen LogP) is 0.834. The Balaban J connectivity index is 2.07. The molecule has 5 nitrogen and oxygen atoms in total. The molecule has 0 spiro atoms. The minimum atomic E-state index is -0.535. The highest BCUT2D eigenvalue weighted by atomic mass is 32.1. The van der Waals surface area contributed by atoms with Gasteiger partial charge >= 0.3 is 0 Å². The maximum absolute atomic E-state index is 9.56. The number of aliphatic hydroxyl groups is 1. The number of ether oxygens (including phenoxy) is 1. The zero-order chi connectivity index (χ0) is 11.8. The smallest absolute Gasteiger partial charge is 0.245 e. The summed E-state index contributed by atoms with van der Waals surface area (Å²) >= 11 is 1.09. The van der Waals surface area contributed by atoms with Crippen LogP contribution in [0.4, 0.5) is 0 Å². The molecule has 0 saturated heterocycles. The molecule has 0 aliphatic heterocycles. The summed E-state index contributed by atoms with van der Waals surface area (Å²) in [5.74, 6) is 0.466. The van der Waals surface area contributed by atoms with Gasteiger partial charge in [-0.25, -0.2) is 0 Å². The molecule has 1 aromatic rings. The summed E-state index contributed by atoms with van der Waals surface area (Å²) in [6.07, 6.45) is 3.07. The molecule has 6 heteroatoms. The van der Waals surface area contributed by atoms with Crippen molar-refractivity contribution in [3.63, 3.8) is 0 Å². The zero-order valence-corrected chi connectivity index (χ0v) is 10.3. The SMILES string of the molecule is CC(C)=CCNCC(O)COc1cnsn1. The van der Waals surface area contributed by atoms with Crippen LogP contribution in [0, 0.1) is 0 Å². The van der Waals surface area contributed by atoms with E-state index in [9.17, 15) is 5.11 Å². The van der Waals surface area contributed by atoms with Crippen molar-refractivity contribution in [2.45, 2.75) is 20.0 Å². The van der Waals surface area contributed by atoms with E-state index in [1.165, 1.54) is 11.8 Å². The molecule has 1 rings (SSSR count). The molecule has 0 fully saturated rings. The summed E-state index contributed by atoms with van der Waals surface area (Å²) in [6.45, 7) is 5.57. The van der Waals surface area contributed by atoms with Gasteiger partial charge in [0, 0.05) is 13.1 Å². The topological polar surface area (TPSA) is 67.3 Å². The Morgan fingerprint density at radius 1 is 1.69 bits per heavy atom. The second kappa shape index (κ2) is 7.32. The Morgan fingerprint density at radius 2 is 2.50 bits per heavy atom. The highest BCUT2D eigenvalue weighted by molar-refractivity contribution is 6.99. The molecule has 1 aromatic heterocycles. The van der Waals surface area contributed by atoms with Gasteiger partial charge in [0.05, 0.1) is 11.7 Å². The van der Waals surface area contributed by atoms with Crippen molar-refractivity contribution in [1.29, 1.82) is 0 Å². The molecule has 1 heterocycles. The first-order valence-corrected chi connectivity index (χ1v) is 5.84. The van der Waals surface area contributed by atoms with E-state index in [0.717, 1.165) is 18.3 Å². The Labute approximate surface area is 99.5 Å². The van der Waals surface area contributed by atoms with Gasteiger partial charge in [0.15, 0.2) is 0 Å². The molecule has 0 radical (unpaired) electrons. The molecule has 0 aliphatic carbocycles. The molecular formula is C10H17N3O2S. The van der Waals surface area contributed by atoms with E-state index < -0.39 is 6.10 Å². The van der Waals surface area contributed by atoms with Crippen LogP contribution in [0.15, 0.2) is 17.8 Å². The number of nitrogens with one attached hydrogen (secondary N) is 1. The fraction of sp³-hybridized carbons (Fsp3) is 0.600. The number of rotatable bonds is 7.